The summed E-state index contributed by atoms with van der Waals surface area (Å²) in [5.74, 6) is 0. The second-order valence-electron chi connectivity index (χ2n) is 2.35. The van der Waals surface area contributed by atoms with Crippen molar-refractivity contribution in [3.63, 3.8) is 0 Å². The quantitative estimate of drug-likeness (QED) is 0.586. The first-order valence-electron chi connectivity index (χ1n) is 3.55. The van der Waals surface area contributed by atoms with E-state index in [1.807, 2.05) is 38.5 Å². The lowest BCUT2D eigenvalue weighted by Crippen LogP contribution is -1.84. The molecule has 0 aliphatic heterocycles. The lowest BCUT2D eigenvalue weighted by molar-refractivity contribution is 0.767. The van der Waals surface area contributed by atoms with E-state index in [0.29, 0.717) is 0 Å². The zero-order chi connectivity index (χ0) is 8.27. The zero-order valence-corrected chi connectivity index (χ0v) is 6.91. The monoisotopic (exact) mass is 148 g/mol. The Bertz CT molecular complexity index is 282. The molecule has 1 rings (SSSR count). The number of allylic oxidation sites excluding steroid dienone is 3. The average Bonchev–Trinajstić information content (AvgIpc) is 2.39. The van der Waals surface area contributed by atoms with Crippen molar-refractivity contribution in [2.24, 2.45) is 7.05 Å². The van der Waals surface area contributed by atoms with Gasteiger partial charge in [0.2, 0.25) is 0 Å². The third-order valence-electron chi connectivity index (χ3n) is 1.57. The van der Waals surface area contributed by atoms with Crippen LogP contribution in [0.5, 0.6) is 0 Å². The van der Waals surface area contributed by atoms with Gasteiger partial charge in [0.15, 0.2) is 0 Å². The Morgan fingerprint density at radius 1 is 1.73 bits per heavy atom. The van der Waals surface area contributed by atoms with E-state index in [0.717, 1.165) is 11.1 Å². The van der Waals surface area contributed by atoms with Gasteiger partial charge in [-0.3, -0.25) is 4.68 Å². The average molecular weight is 148 g/mol. The first-order valence-corrected chi connectivity index (χ1v) is 3.55. The Labute approximate surface area is 66.8 Å². The van der Waals surface area contributed by atoms with Crippen molar-refractivity contribution >= 4 is 5.57 Å². The van der Waals surface area contributed by atoms with Crippen molar-refractivity contribution in [2.45, 2.75) is 6.92 Å². The summed E-state index contributed by atoms with van der Waals surface area (Å²) in [6.07, 6.45) is 7.65. The Balaban J connectivity index is 3.00. The van der Waals surface area contributed by atoms with E-state index >= 15 is 0 Å². The minimum atomic E-state index is 1.12. The number of rotatable bonds is 2. The third kappa shape index (κ3) is 1.58. The van der Waals surface area contributed by atoms with Crippen LogP contribution in [0.3, 0.4) is 0 Å². The van der Waals surface area contributed by atoms with Crippen LogP contribution in [0.2, 0.25) is 0 Å². The highest BCUT2D eigenvalue weighted by Crippen LogP contribution is 2.12. The summed E-state index contributed by atoms with van der Waals surface area (Å²) in [7, 11) is 1.90. The highest BCUT2D eigenvalue weighted by Gasteiger charge is 1.96. The molecule has 0 amide bonds. The molecule has 0 spiro atoms. The third-order valence-corrected chi connectivity index (χ3v) is 1.57. The Kier molecular flexibility index (Phi) is 2.26. The van der Waals surface area contributed by atoms with Crippen LogP contribution >= 0.6 is 0 Å². The fraction of sp³-hybridized carbons (Fsp3) is 0.222. The molecular formula is C9H12N2. The van der Waals surface area contributed by atoms with Gasteiger partial charge in [-0.1, -0.05) is 18.7 Å². The second-order valence-corrected chi connectivity index (χ2v) is 2.35. The lowest BCUT2D eigenvalue weighted by Gasteiger charge is -1.92. The molecule has 0 unspecified atom stereocenters. The second kappa shape index (κ2) is 3.19. The summed E-state index contributed by atoms with van der Waals surface area (Å²) < 4.78 is 1.78. The van der Waals surface area contributed by atoms with Crippen molar-refractivity contribution < 1.29 is 0 Å². The number of aromatic nitrogens is 2. The summed E-state index contributed by atoms with van der Waals surface area (Å²) in [5, 5.41) is 4.06. The molecule has 0 radical (unpaired) electrons. The minimum absolute atomic E-state index is 1.12. The molecule has 0 N–H and O–H groups in total. The van der Waals surface area contributed by atoms with Gasteiger partial charge in [0.25, 0.3) is 0 Å². The van der Waals surface area contributed by atoms with Crippen molar-refractivity contribution in [1.82, 2.24) is 9.78 Å². The zero-order valence-electron chi connectivity index (χ0n) is 6.91. The molecule has 1 heterocycles. The molecule has 1 aromatic rings. The van der Waals surface area contributed by atoms with Crippen LogP contribution in [-0.4, -0.2) is 9.78 Å². The first kappa shape index (κ1) is 7.79. The molecule has 0 saturated carbocycles. The maximum absolute atomic E-state index is 4.06. The fourth-order valence-electron chi connectivity index (χ4n) is 0.973. The van der Waals surface area contributed by atoms with Crippen molar-refractivity contribution in [1.29, 1.82) is 0 Å². The summed E-state index contributed by atoms with van der Waals surface area (Å²) in [4.78, 5) is 0. The molecule has 0 atom stereocenters. The van der Waals surface area contributed by atoms with E-state index in [9.17, 15) is 0 Å². The number of hydrogen-bond donors (Lipinski definition) is 0. The molecule has 2 heteroatoms. The molecular weight excluding hydrogens is 136 g/mol. The van der Waals surface area contributed by atoms with Crippen molar-refractivity contribution in [3.05, 3.63) is 36.7 Å². The molecule has 11 heavy (non-hydrogen) atoms. The predicted molar refractivity (Wildman–Crippen MR) is 47.1 cm³/mol. The molecule has 0 bridgehead atoms. The van der Waals surface area contributed by atoms with Crippen LogP contribution in [0.25, 0.3) is 5.57 Å². The van der Waals surface area contributed by atoms with Gasteiger partial charge in [-0.05, 0) is 12.5 Å². The van der Waals surface area contributed by atoms with Gasteiger partial charge in [-0.15, -0.1) is 0 Å². The molecule has 58 valence electrons. The lowest BCUT2D eigenvalue weighted by atomic mass is 10.1. The maximum atomic E-state index is 4.06. The summed E-state index contributed by atoms with van der Waals surface area (Å²) in [6, 6.07) is 0. The Morgan fingerprint density at radius 3 is 2.82 bits per heavy atom. The van der Waals surface area contributed by atoms with Gasteiger partial charge < -0.3 is 0 Å². The van der Waals surface area contributed by atoms with Crippen LogP contribution in [0.15, 0.2) is 31.1 Å². The van der Waals surface area contributed by atoms with E-state index in [4.69, 9.17) is 0 Å². The molecule has 2 nitrogen and oxygen atoms in total. The van der Waals surface area contributed by atoms with Crippen LogP contribution in [0, 0.1) is 0 Å². The van der Waals surface area contributed by atoms with Crippen molar-refractivity contribution in [2.75, 3.05) is 0 Å². The fourth-order valence-corrected chi connectivity index (χ4v) is 0.973. The molecule has 0 aromatic carbocycles. The highest BCUT2D eigenvalue weighted by molar-refractivity contribution is 5.72. The minimum Gasteiger partial charge on any atom is -0.275 e. The summed E-state index contributed by atoms with van der Waals surface area (Å²) in [5.41, 5.74) is 2.24. The molecule has 0 fully saturated rings. The topological polar surface area (TPSA) is 17.8 Å². The van der Waals surface area contributed by atoms with E-state index in [1.165, 1.54) is 0 Å². The number of aryl methyl sites for hydroxylation is 1. The molecule has 0 aliphatic carbocycles. The van der Waals surface area contributed by atoms with Crippen LogP contribution in [0.4, 0.5) is 0 Å². The predicted octanol–water partition coefficient (Wildman–Crippen LogP) is 2.01. The van der Waals surface area contributed by atoms with Crippen LogP contribution in [-0.2, 0) is 7.05 Å². The smallest absolute Gasteiger partial charge is 0.0568 e. The summed E-state index contributed by atoms with van der Waals surface area (Å²) >= 11 is 0. The van der Waals surface area contributed by atoms with Gasteiger partial charge in [-0.25, -0.2) is 0 Å². The maximum Gasteiger partial charge on any atom is 0.0568 e. The van der Waals surface area contributed by atoms with Gasteiger partial charge >= 0.3 is 0 Å². The normalized spacial score (nSPS) is 11.6. The van der Waals surface area contributed by atoms with E-state index in [1.54, 1.807) is 4.68 Å². The van der Waals surface area contributed by atoms with E-state index < -0.39 is 0 Å². The first-order chi connectivity index (χ1) is 5.27. The molecule has 0 aliphatic rings. The SMILES string of the molecule is C=CC(=CC)c1cnn(C)c1. The van der Waals surface area contributed by atoms with Gasteiger partial charge in [0.05, 0.1) is 6.20 Å². The van der Waals surface area contributed by atoms with E-state index in [2.05, 4.69) is 11.7 Å². The largest absolute Gasteiger partial charge is 0.275 e. The highest BCUT2D eigenvalue weighted by atomic mass is 15.2. The van der Waals surface area contributed by atoms with E-state index in [-0.39, 0.29) is 0 Å². The summed E-state index contributed by atoms with van der Waals surface area (Å²) in [6.45, 7) is 5.70. The van der Waals surface area contributed by atoms with Crippen LogP contribution < -0.4 is 0 Å². The molecule has 1 aromatic heterocycles. The van der Waals surface area contributed by atoms with Gasteiger partial charge in [0, 0.05) is 18.8 Å². The van der Waals surface area contributed by atoms with Gasteiger partial charge in [0.1, 0.15) is 0 Å². The Morgan fingerprint density at radius 2 is 2.45 bits per heavy atom. The number of hydrogen-bond acceptors (Lipinski definition) is 1. The Hall–Kier alpha value is -1.31. The van der Waals surface area contributed by atoms with Crippen LogP contribution in [0.1, 0.15) is 12.5 Å². The standard InChI is InChI=1S/C9H12N2/c1-4-8(5-2)9-6-10-11(3)7-9/h4-7H,1H2,2-3H3. The van der Waals surface area contributed by atoms with Crippen molar-refractivity contribution in [3.8, 4) is 0 Å². The molecule has 0 saturated heterocycles. The van der Waals surface area contributed by atoms with Gasteiger partial charge in [-0.2, -0.15) is 5.10 Å². The number of nitrogens with zero attached hydrogens (tertiary/aromatic N) is 2.